The lowest BCUT2D eigenvalue weighted by atomic mass is 9.92. The fraction of sp³-hybridized carbons (Fsp3) is 0.556. The summed E-state index contributed by atoms with van der Waals surface area (Å²) in [6.07, 6.45) is 3.01. The van der Waals surface area contributed by atoms with Crippen molar-refractivity contribution >= 4 is 29.9 Å². The molecule has 4 N–H and O–H groups in total. The summed E-state index contributed by atoms with van der Waals surface area (Å²) in [6, 6.07) is 6.98. The first kappa shape index (κ1) is 21.4. The predicted molar refractivity (Wildman–Crippen MR) is 101 cm³/mol. The Morgan fingerprint density at radius 3 is 2.48 bits per heavy atom. The highest BCUT2D eigenvalue weighted by molar-refractivity contribution is 5.90. The van der Waals surface area contributed by atoms with E-state index in [0.29, 0.717) is 26.2 Å². The lowest BCUT2D eigenvalue weighted by molar-refractivity contribution is -0.124. The lowest BCUT2D eigenvalue weighted by Crippen LogP contribution is -2.46. The maximum atomic E-state index is 12.2. The van der Waals surface area contributed by atoms with E-state index in [9.17, 15) is 9.59 Å². The molecule has 0 saturated carbocycles. The van der Waals surface area contributed by atoms with Crippen LogP contribution in [-0.2, 0) is 20.9 Å². The van der Waals surface area contributed by atoms with E-state index in [-0.39, 0.29) is 30.1 Å². The number of hydrogen-bond acceptors (Lipinski definition) is 4. The zero-order valence-corrected chi connectivity index (χ0v) is 15.4. The van der Waals surface area contributed by atoms with E-state index in [4.69, 9.17) is 10.5 Å². The van der Waals surface area contributed by atoms with Crippen molar-refractivity contribution in [2.75, 3.05) is 18.5 Å². The first-order valence-corrected chi connectivity index (χ1v) is 8.60. The third-order valence-electron chi connectivity index (χ3n) is 4.26. The quantitative estimate of drug-likeness (QED) is 0.687. The first-order chi connectivity index (χ1) is 11.6. The Bertz CT molecular complexity index is 545. The van der Waals surface area contributed by atoms with Crippen molar-refractivity contribution in [2.24, 2.45) is 11.7 Å². The van der Waals surface area contributed by atoms with Crippen LogP contribution in [0.3, 0.4) is 0 Å². The summed E-state index contributed by atoms with van der Waals surface area (Å²) in [5, 5.41) is 5.72. The molecule has 2 amide bonds. The Labute approximate surface area is 155 Å². The van der Waals surface area contributed by atoms with E-state index in [0.717, 1.165) is 30.5 Å². The summed E-state index contributed by atoms with van der Waals surface area (Å²) in [6.45, 7) is 3.75. The smallest absolute Gasteiger partial charge is 0.237 e. The second kappa shape index (κ2) is 11.1. The molecular weight excluding hydrogens is 342 g/mol. The summed E-state index contributed by atoms with van der Waals surface area (Å²) in [7, 11) is 0. The van der Waals surface area contributed by atoms with Crippen molar-refractivity contribution < 1.29 is 14.3 Å². The number of anilines is 1. The second-order valence-corrected chi connectivity index (χ2v) is 6.19. The number of nitrogens with one attached hydrogen (secondary N) is 2. The van der Waals surface area contributed by atoms with Gasteiger partial charge in [0, 0.05) is 31.9 Å². The van der Waals surface area contributed by atoms with Gasteiger partial charge in [-0.3, -0.25) is 9.59 Å². The van der Waals surface area contributed by atoms with Gasteiger partial charge < -0.3 is 21.1 Å². The van der Waals surface area contributed by atoms with Crippen LogP contribution in [0.2, 0.25) is 0 Å². The molecule has 0 spiro atoms. The van der Waals surface area contributed by atoms with Gasteiger partial charge in [-0.2, -0.15) is 0 Å². The van der Waals surface area contributed by atoms with Crippen LogP contribution in [0.15, 0.2) is 24.3 Å². The van der Waals surface area contributed by atoms with Crippen LogP contribution in [0, 0.1) is 5.92 Å². The molecule has 0 aliphatic carbocycles. The van der Waals surface area contributed by atoms with Crippen LogP contribution in [0.5, 0.6) is 0 Å². The van der Waals surface area contributed by atoms with Crippen molar-refractivity contribution in [1.82, 2.24) is 5.32 Å². The van der Waals surface area contributed by atoms with Crippen LogP contribution in [0.25, 0.3) is 0 Å². The van der Waals surface area contributed by atoms with Crippen molar-refractivity contribution in [2.45, 2.75) is 45.2 Å². The zero-order valence-electron chi connectivity index (χ0n) is 14.6. The van der Waals surface area contributed by atoms with Gasteiger partial charge in [-0.15, -0.1) is 12.4 Å². The molecule has 1 aliphatic heterocycles. The highest BCUT2D eigenvalue weighted by atomic mass is 35.5. The van der Waals surface area contributed by atoms with Gasteiger partial charge in [-0.1, -0.05) is 19.1 Å². The Kier molecular flexibility index (Phi) is 9.49. The minimum Gasteiger partial charge on any atom is -0.381 e. The third-order valence-corrected chi connectivity index (χ3v) is 4.26. The number of benzene rings is 1. The monoisotopic (exact) mass is 369 g/mol. The standard InChI is InChI=1S/C18H27N3O3.ClH/c1-2-3-16(22)21-15-6-4-13(5-7-15)12-20-18(23)17(19)14-8-10-24-11-9-14;/h4-7,14,17H,2-3,8-12,19H2,1H3,(H,20,23)(H,21,22);1H. The number of carbonyl (C=O) groups is 2. The van der Waals surface area contributed by atoms with E-state index in [1.165, 1.54) is 0 Å². The number of ether oxygens (including phenoxy) is 1. The SMILES string of the molecule is CCCC(=O)Nc1ccc(CNC(=O)C(N)C2CCOCC2)cc1.Cl. The highest BCUT2D eigenvalue weighted by Crippen LogP contribution is 2.18. The van der Waals surface area contributed by atoms with Crippen molar-refractivity contribution in [3.05, 3.63) is 29.8 Å². The van der Waals surface area contributed by atoms with Gasteiger partial charge >= 0.3 is 0 Å². The molecule has 1 unspecified atom stereocenters. The van der Waals surface area contributed by atoms with Gasteiger partial charge in [0.05, 0.1) is 6.04 Å². The molecule has 0 radical (unpaired) electrons. The van der Waals surface area contributed by atoms with E-state index >= 15 is 0 Å². The second-order valence-electron chi connectivity index (χ2n) is 6.19. The summed E-state index contributed by atoms with van der Waals surface area (Å²) in [4.78, 5) is 23.7. The summed E-state index contributed by atoms with van der Waals surface area (Å²) in [5.41, 5.74) is 7.78. The Morgan fingerprint density at radius 1 is 1.24 bits per heavy atom. The van der Waals surface area contributed by atoms with Crippen molar-refractivity contribution in [3.63, 3.8) is 0 Å². The van der Waals surface area contributed by atoms with Crippen LogP contribution in [0.4, 0.5) is 5.69 Å². The van der Waals surface area contributed by atoms with Crippen LogP contribution in [0.1, 0.15) is 38.2 Å². The van der Waals surface area contributed by atoms with Crippen LogP contribution in [-0.4, -0.2) is 31.1 Å². The molecule has 1 saturated heterocycles. The number of amides is 2. The molecule has 140 valence electrons. The van der Waals surface area contributed by atoms with Gasteiger partial charge in [0.2, 0.25) is 11.8 Å². The molecule has 6 nitrogen and oxygen atoms in total. The predicted octanol–water partition coefficient (Wildman–Crippen LogP) is 2.22. The van der Waals surface area contributed by atoms with Gasteiger partial charge in [0.15, 0.2) is 0 Å². The summed E-state index contributed by atoms with van der Waals surface area (Å²) in [5.74, 6) is 0.0816. The van der Waals surface area contributed by atoms with Gasteiger partial charge in [-0.25, -0.2) is 0 Å². The average molecular weight is 370 g/mol. The van der Waals surface area contributed by atoms with E-state index in [2.05, 4.69) is 10.6 Å². The summed E-state index contributed by atoms with van der Waals surface area (Å²) < 4.78 is 5.30. The molecule has 25 heavy (non-hydrogen) atoms. The van der Waals surface area contributed by atoms with Gasteiger partial charge in [0.25, 0.3) is 0 Å². The average Bonchev–Trinajstić information content (AvgIpc) is 2.61. The van der Waals surface area contributed by atoms with Crippen LogP contribution < -0.4 is 16.4 Å². The number of carbonyl (C=O) groups excluding carboxylic acids is 2. The number of halogens is 1. The maximum absolute atomic E-state index is 12.2. The van der Waals surface area contributed by atoms with E-state index in [1.54, 1.807) is 0 Å². The third kappa shape index (κ3) is 7.02. The van der Waals surface area contributed by atoms with Gasteiger partial charge in [-0.05, 0) is 42.9 Å². The maximum Gasteiger partial charge on any atom is 0.237 e. The molecule has 0 bridgehead atoms. The van der Waals surface area contributed by atoms with E-state index < -0.39 is 6.04 Å². The Balaban J connectivity index is 0.00000312. The molecule has 1 heterocycles. The molecule has 1 atom stereocenters. The fourth-order valence-corrected chi connectivity index (χ4v) is 2.75. The number of nitrogens with two attached hydrogens (primary N) is 1. The molecule has 1 aliphatic rings. The topological polar surface area (TPSA) is 93.5 Å². The summed E-state index contributed by atoms with van der Waals surface area (Å²) >= 11 is 0. The molecule has 7 heteroatoms. The molecule has 1 aromatic rings. The Hall–Kier alpha value is -1.63. The highest BCUT2D eigenvalue weighted by Gasteiger charge is 2.26. The van der Waals surface area contributed by atoms with Crippen molar-refractivity contribution in [3.8, 4) is 0 Å². The molecule has 1 fully saturated rings. The first-order valence-electron chi connectivity index (χ1n) is 8.60. The van der Waals surface area contributed by atoms with Crippen LogP contribution >= 0.6 is 12.4 Å². The fourth-order valence-electron chi connectivity index (χ4n) is 2.75. The zero-order chi connectivity index (χ0) is 17.4. The molecular formula is C18H28ClN3O3. The normalized spacial score (nSPS) is 15.8. The minimum absolute atomic E-state index is 0. The van der Waals surface area contributed by atoms with Gasteiger partial charge in [0.1, 0.15) is 0 Å². The minimum atomic E-state index is -0.485. The largest absolute Gasteiger partial charge is 0.381 e. The molecule has 2 rings (SSSR count). The van der Waals surface area contributed by atoms with Crippen molar-refractivity contribution in [1.29, 1.82) is 0 Å². The number of hydrogen-bond donors (Lipinski definition) is 3. The molecule has 0 aromatic heterocycles. The lowest BCUT2D eigenvalue weighted by Gasteiger charge is -2.26. The number of rotatable bonds is 7. The molecule has 1 aromatic carbocycles. The Morgan fingerprint density at radius 2 is 1.88 bits per heavy atom. The van der Waals surface area contributed by atoms with E-state index in [1.807, 2.05) is 31.2 Å².